The molecule has 1 fully saturated rings. The van der Waals surface area contributed by atoms with E-state index in [1.165, 1.54) is 17.7 Å². The molecule has 24 heavy (non-hydrogen) atoms. The fourth-order valence-electron chi connectivity index (χ4n) is 3.51. The highest BCUT2D eigenvalue weighted by atomic mass is 35.5. The molecular weight excluding hydrogens is 327 g/mol. The first kappa shape index (κ1) is 15.5. The van der Waals surface area contributed by atoms with Crippen LogP contribution in [0.25, 0.3) is 11.0 Å². The molecule has 1 aliphatic heterocycles. The van der Waals surface area contributed by atoms with Gasteiger partial charge in [-0.3, -0.25) is 0 Å². The van der Waals surface area contributed by atoms with Gasteiger partial charge >= 0.3 is 0 Å². The van der Waals surface area contributed by atoms with Gasteiger partial charge in [0.05, 0.1) is 24.6 Å². The van der Waals surface area contributed by atoms with Crippen molar-refractivity contribution in [1.29, 1.82) is 0 Å². The van der Waals surface area contributed by atoms with Gasteiger partial charge in [-0.25, -0.2) is 9.07 Å². The summed E-state index contributed by atoms with van der Waals surface area (Å²) < 4.78 is 15.2. The van der Waals surface area contributed by atoms with Crippen LogP contribution < -0.4 is 4.90 Å². The molecule has 0 radical (unpaired) electrons. The number of piperidine rings is 1. The Morgan fingerprint density at radius 2 is 1.88 bits per heavy atom. The lowest BCUT2D eigenvalue weighted by molar-refractivity contribution is -0.919. The molecule has 124 valence electrons. The van der Waals surface area contributed by atoms with E-state index in [1.807, 2.05) is 16.8 Å². The van der Waals surface area contributed by atoms with Crippen LogP contribution >= 0.6 is 11.6 Å². The normalized spacial score (nSPS) is 21.2. The maximum atomic E-state index is 13.3. The predicted molar refractivity (Wildman–Crippen MR) is 91.6 cm³/mol. The summed E-state index contributed by atoms with van der Waals surface area (Å²) in [6.45, 7) is 3.21. The van der Waals surface area contributed by atoms with E-state index in [9.17, 15) is 4.39 Å². The molecule has 4 nitrogen and oxygen atoms in total. The van der Waals surface area contributed by atoms with Gasteiger partial charge in [0.2, 0.25) is 0 Å². The summed E-state index contributed by atoms with van der Waals surface area (Å²) in [5.41, 5.74) is 2.86. The van der Waals surface area contributed by atoms with E-state index in [1.54, 1.807) is 11.0 Å². The first-order valence-electron chi connectivity index (χ1n) is 8.27. The van der Waals surface area contributed by atoms with Crippen molar-refractivity contribution < 1.29 is 9.29 Å². The lowest BCUT2D eigenvalue weighted by atomic mass is 10.0. The lowest BCUT2D eigenvalue weighted by Crippen LogP contribution is -3.11. The summed E-state index contributed by atoms with van der Waals surface area (Å²) in [6.07, 6.45) is 2.11. The summed E-state index contributed by atoms with van der Waals surface area (Å²) in [5, 5.41) is 9.14. The van der Waals surface area contributed by atoms with E-state index in [0.717, 1.165) is 43.0 Å². The standard InChI is InChI=1S/C18H18ClFN4/c19-14-3-1-13(2-4-14)12-23-9-7-16(8-10-23)24-18-6-5-15(20)11-17(18)21-22-24/h1-6,11,16H,7-10,12H2/p+1. The van der Waals surface area contributed by atoms with Crippen molar-refractivity contribution in [2.75, 3.05) is 13.1 Å². The molecule has 0 saturated carbocycles. The zero-order chi connectivity index (χ0) is 16.5. The van der Waals surface area contributed by atoms with Gasteiger partial charge < -0.3 is 4.90 Å². The second-order valence-electron chi connectivity index (χ2n) is 6.45. The number of hydrogen-bond donors (Lipinski definition) is 1. The Hall–Kier alpha value is -1.98. The topological polar surface area (TPSA) is 35.1 Å². The zero-order valence-corrected chi connectivity index (χ0v) is 14.0. The van der Waals surface area contributed by atoms with Crippen molar-refractivity contribution in [3.63, 3.8) is 0 Å². The molecule has 0 unspecified atom stereocenters. The number of hydrogen-bond acceptors (Lipinski definition) is 2. The maximum absolute atomic E-state index is 13.3. The Labute approximate surface area is 144 Å². The Bertz CT molecular complexity index is 838. The first-order valence-corrected chi connectivity index (χ1v) is 8.65. The van der Waals surface area contributed by atoms with Crippen molar-refractivity contribution in [2.45, 2.75) is 25.4 Å². The van der Waals surface area contributed by atoms with Gasteiger partial charge in [-0.15, -0.1) is 5.10 Å². The molecule has 0 spiro atoms. The Kier molecular flexibility index (Phi) is 4.21. The smallest absolute Gasteiger partial charge is 0.125 e. The third-order valence-electron chi connectivity index (χ3n) is 4.81. The third kappa shape index (κ3) is 3.14. The molecule has 2 heterocycles. The van der Waals surface area contributed by atoms with Gasteiger partial charge in [0.15, 0.2) is 0 Å². The van der Waals surface area contributed by atoms with E-state index in [2.05, 4.69) is 22.4 Å². The van der Waals surface area contributed by atoms with Gasteiger partial charge in [-0.05, 0) is 24.3 Å². The molecule has 1 saturated heterocycles. The van der Waals surface area contributed by atoms with Gasteiger partial charge in [-0.2, -0.15) is 0 Å². The minimum absolute atomic E-state index is 0.267. The quantitative estimate of drug-likeness (QED) is 0.792. The highest BCUT2D eigenvalue weighted by Crippen LogP contribution is 2.22. The van der Waals surface area contributed by atoms with Gasteiger partial charge in [0, 0.05) is 29.5 Å². The van der Waals surface area contributed by atoms with E-state index >= 15 is 0 Å². The van der Waals surface area contributed by atoms with Crippen LogP contribution in [0.4, 0.5) is 4.39 Å². The van der Waals surface area contributed by atoms with E-state index in [0.29, 0.717) is 11.6 Å². The summed E-state index contributed by atoms with van der Waals surface area (Å²) in [7, 11) is 0. The van der Waals surface area contributed by atoms with Crippen LogP contribution in [-0.2, 0) is 6.54 Å². The summed E-state index contributed by atoms with van der Waals surface area (Å²) in [4.78, 5) is 1.57. The van der Waals surface area contributed by atoms with Gasteiger partial charge in [0.25, 0.3) is 0 Å². The molecule has 6 heteroatoms. The van der Waals surface area contributed by atoms with Crippen LogP contribution in [0.1, 0.15) is 24.4 Å². The summed E-state index contributed by atoms with van der Waals surface area (Å²) in [6, 6.07) is 13.1. The fourth-order valence-corrected chi connectivity index (χ4v) is 3.63. The molecule has 0 aliphatic carbocycles. The third-order valence-corrected chi connectivity index (χ3v) is 5.06. The fraction of sp³-hybridized carbons (Fsp3) is 0.333. The molecule has 0 atom stereocenters. The molecule has 1 aliphatic rings. The van der Waals surface area contributed by atoms with Crippen LogP contribution in [0.5, 0.6) is 0 Å². The highest BCUT2D eigenvalue weighted by Gasteiger charge is 2.25. The number of nitrogens with one attached hydrogen (secondary N) is 1. The van der Waals surface area contributed by atoms with Crippen molar-refractivity contribution in [2.24, 2.45) is 0 Å². The number of likely N-dealkylation sites (tertiary alicyclic amines) is 1. The molecule has 1 aromatic heterocycles. The zero-order valence-electron chi connectivity index (χ0n) is 13.3. The Morgan fingerprint density at radius 1 is 1.12 bits per heavy atom. The molecule has 4 rings (SSSR count). The monoisotopic (exact) mass is 345 g/mol. The van der Waals surface area contributed by atoms with Crippen LogP contribution in [0.3, 0.4) is 0 Å². The molecule has 0 amide bonds. The number of halogens is 2. The predicted octanol–water partition coefficient (Wildman–Crippen LogP) is 2.64. The number of nitrogens with zero attached hydrogens (tertiary/aromatic N) is 3. The van der Waals surface area contributed by atoms with Gasteiger partial charge in [0.1, 0.15) is 17.9 Å². The van der Waals surface area contributed by atoms with E-state index in [-0.39, 0.29) is 5.82 Å². The SMILES string of the molecule is Fc1ccc2c(c1)nnn2C1CC[NH+](Cc2ccc(Cl)cc2)CC1. The average Bonchev–Trinajstić information content (AvgIpc) is 3.00. The van der Waals surface area contributed by atoms with Crippen molar-refractivity contribution in [3.05, 3.63) is 58.9 Å². The molecule has 2 aromatic carbocycles. The second kappa shape index (κ2) is 6.49. The van der Waals surface area contributed by atoms with Crippen LogP contribution in [0.2, 0.25) is 5.02 Å². The van der Waals surface area contributed by atoms with Crippen LogP contribution in [-0.4, -0.2) is 28.1 Å². The Morgan fingerprint density at radius 3 is 2.62 bits per heavy atom. The number of rotatable bonds is 3. The number of benzene rings is 2. The molecule has 0 bridgehead atoms. The second-order valence-corrected chi connectivity index (χ2v) is 6.89. The average molecular weight is 346 g/mol. The number of fused-ring (bicyclic) bond motifs is 1. The minimum Gasteiger partial charge on any atom is -0.331 e. The molecule has 1 N–H and O–H groups in total. The highest BCUT2D eigenvalue weighted by molar-refractivity contribution is 6.30. The lowest BCUT2D eigenvalue weighted by Gasteiger charge is -2.29. The van der Waals surface area contributed by atoms with Crippen molar-refractivity contribution in [1.82, 2.24) is 15.0 Å². The number of aromatic nitrogens is 3. The summed E-state index contributed by atoms with van der Waals surface area (Å²) >= 11 is 5.94. The maximum Gasteiger partial charge on any atom is 0.125 e. The largest absolute Gasteiger partial charge is 0.331 e. The minimum atomic E-state index is -0.267. The van der Waals surface area contributed by atoms with Crippen molar-refractivity contribution >= 4 is 22.6 Å². The number of quaternary nitrogens is 1. The Balaban J connectivity index is 1.42. The van der Waals surface area contributed by atoms with Crippen LogP contribution in [0, 0.1) is 5.82 Å². The summed E-state index contributed by atoms with van der Waals surface area (Å²) in [5.74, 6) is -0.267. The van der Waals surface area contributed by atoms with Crippen molar-refractivity contribution in [3.8, 4) is 0 Å². The van der Waals surface area contributed by atoms with Crippen LogP contribution in [0.15, 0.2) is 42.5 Å². The van der Waals surface area contributed by atoms with E-state index < -0.39 is 0 Å². The van der Waals surface area contributed by atoms with E-state index in [4.69, 9.17) is 11.6 Å². The molecule has 3 aromatic rings. The molecular formula is C18H19ClFN4+. The first-order chi connectivity index (χ1) is 11.7. The van der Waals surface area contributed by atoms with Gasteiger partial charge in [-0.1, -0.05) is 28.9 Å².